The number of fused-ring (bicyclic) bond motifs is 1. The summed E-state index contributed by atoms with van der Waals surface area (Å²) in [5.41, 5.74) is 5.09. The molecule has 5 aromatic rings. The Balaban J connectivity index is 1.53. The highest BCUT2D eigenvalue weighted by Crippen LogP contribution is 2.31. The van der Waals surface area contributed by atoms with Crippen molar-refractivity contribution in [3.05, 3.63) is 114 Å². The molecule has 166 valence electrons. The van der Waals surface area contributed by atoms with Crippen LogP contribution in [0, 0.1) is 11.6 Å². The van der Waals surface area contributed by atoms with Gasteiger partial charge in [0, 0.05) is 30.1 Å². The smallest absolute Gasteiger partial charge is 0.253 e. The van der Waals surface area contributed by atoms with Crippen LogP contribution in [0.5, 0.6) is 0 Å². The first-order chi connectivity index (χ1) is 16.6. The molecular weight excluding hydrogens is 434 g/mol. The second kappa shape index (κ2) is 9.15. The number of halogens is 2. The minimum atomic E-state index is -0.354. The molecule has 0 aliphatic rings. The Morgan fingerprint density at radius 1 is 0.765 bits per heavy atom. The second-order valence-corrected chi connectivity index (χ2v) is 7.68. The summed E-state index contributed by atoms with van der Waals surface area (Å²) >= 11 is 0. The van der Waals surface area contributed by atoms with Crippen LogP contribution in [0.15, 0.2) is 91.3 Å². The van der Waals surface area contributed by atoms with Crippen LogP contribution in [0.2, 0.25) is 0 Å². The Labute approximate surface area is 194 Å². The van der Waals surface area contributed by atoms with Gasteiger partial charge in [-0.05, 0) is 78.4 Å². The number of aromatic nitrogens is 3. The lowest BCUT2D eigenvalue weighted by Crippen LogP contribution is -2.22. The summed E-state index contributed by atoms with van der Waals surface area (Å²) in [6.07, 6.45) is 3.12. The summed E-state index contributed by atoms with van der Waals surface area (Å²) in [4.78, 5) is 25.9. The molecule has 0 unspecified atom stereocenters. The van der Waals surface area contributed by atoms with Gasteiger partial charge < -0.3 is 5.32 Å². The fourth-order valence-electron chi connectivity index (χ4n) is 3.61. The molecule has 1 N–H and O–H groups in total. The standard InChI is InChI=1S/C27H18F2N4O/c28-21-8-4-18(5-9-21)25-26(19-6-10-22(29)11-7-19)33-24-14-17(3-12-23(24)32-25)15-31-27(34)20-2-1-13-30-16-20/h1-14,16H,15H2,(H,31,34). The van der Waals surface area contributed by atoms with E-state index in [1.807, 2.05) is 18.2 Å². The summed E-state index contributed by atoms with van der Waals surface area (Å²) in [6, 6.07) is 21.0. The molecular formula is C27H18F2N4O. The molecule has 5 nitrogen and oxygen atoms in total. The molecule has 2 heterocycles. The van der Waals surface area contributed by atoms with Crippen LogP contribution in [0.4, 0.5) is 8.78 Å². The van der Waals surface area contributed by atoms with E-state index in [1.54, 1.807) is 42.6 Å². The molecule has 3 aromatic carbocycles. The predicted octanol–water partition coefficient (Wildman–Crippen LogP) is 5.57. The third kappa shape index (κ3) is 4.49. The molecule has 0 bridgehead atoms. The van der Waals surface area contributed by atoms with Gasteiger partial charge in [-0.2, -0.15) is 0 Å². The van der Waals surface area contributed by atoms with E-state index >= 15 is 0 Å². The van der Waals surface area contributed by atoms with Crippen molar-refractivity contribution in [1.29, 1.82) is 0 Å². The number of rotatable bonds is 5. The zero-order valence-electron chi connectivity index (χ0n) is 17.9. The van der Waals surface area contributed by atoms with Gasteiger partial charge in [0.05, 0.1) is 28.0 Å². The monoisotopic (exact) mass is 452 g/mol. The third-order valence-corrected chi connectivity index (χ3v) is 5.34. The molecule has 0 radical (unpaired) electrons. The molecule has 0 saturated heterocycles. The first-order valence-corrected chi connectivity index (χ1v) is 10.6. The number of carbonyl (C=O) groups excluding carboxylic acids is 1. The minimum absolute atomic E-state index is 0.224. The van der Waals surface area contributed by atoms with Gasteiger partial charge in [-0.3, -0.25) is 9.78 Å². The number of pyridine rings is 1. The van der Waals surface area contributed by atoms with Crippen molar-refractivity contribution in [3.63, 3.8) is 0 Å². The van der Waals surface area contributed by atoms with E-state index in [0.717, 1.165) is 5.56 Å². The molecule has 0 fully saturated rings. The van der Waals surface area contributed by atoms with E-state index in [4.69, 9.17) is 9.97 Å². The van der Waals surface area contributed by atoms with E-state index in [9.17, 15) is 13.6 Å². The van der Waals surface area contributed by atoms with Crippen molar-refractivity contribution in [2.45, 2.75) is 6.54 Å². The highest BCUT2D eigenvalue weighted by molar-refractivity contribution is 5.93. The number of hydrogen-bond donors (Lipinski definition) is 1. The average Bonchev–Trinajstić information content (AvgIpc) is 2.88. The van der Waals surface area contributed by atoms with Crippen LogP contribution in [-0.4, -0.2) is 20.9 Å². The van der Waals surface area contributed by atoms with Crippen LogP contribution >= 0.6 is 0 Å². The van der Waals surface area contributed by atoms with Gasteiger partial charge in [0.1, 0.15) is 11.6 Å². The Bertz CT molecular complexity index is 1470. The number of nitrogens with one attached hydrogen (secondary N) is 1. The average molecular weight is 452 g/mol. The van der Waals surface area contributed by atoms with Gasteiger partial charge in [-0.15, -0.1) is 0 Å². The van der Waals surface area contributed by atoms with Crippen molar-refractivity contribution in [2.24, 2.45) is 0 Å². The minimum Gasteiger partial charge on any atom is -0.348 e. The zero-order chi connectivity index (χ0) is 23.5. The van der Waals surface area contributed by atoms with Gasteiger partial charge in [-0.1, -0.05) is 6.07 Å². The molecule has 5 rings (SSSR count). The Kier molecular flexibility index (Phi) is 5.74. The van der Waals surface area contributed by atoms with Crippen molar-refractivity contribution in [1.82, 2.24) is 20.3 Å². The molecule has 0 aliphatic carbocycles. The lowest BCUT2D eigenvalue weighted by molar-refractivity contribution is 0.0950. The quantitative estimate of drug-likeness (QED) is 0.379. The maximum atomic E-state index is 13.5. The Morgan fingerprint density at radius 3 is 1.97 bits per heavy atom. The van der Waals surface area contributed by atoms with Crippen LogP contribution < -0.4 is 5.32 Å². The van der Waals surface area contributed by atoms with Gasteiger partial charge in [-0.25, -0.2) is 18.7 Å². The van der Waals surface area contributed by atoms with E-state index in [1.165, 1.54) is 30.5 Å². The van der Waals surface area contributed by atoms with Gasteiger partial charge in [0.2, 0.25) is 0 Å². The summed E-state index contributed by atoms with van der Waals surface area (Å²) in [5, 5.41) is 2.87. The zero-order valence-corrected chi connectivity index (χ0v) is 17.9. The summed E-state index contributed by atoms with van der Waals surface area (Å²) in [7, 11) is 0. The largest absolute Gasteiger partial charge is 0.348 e. The Hall–Kier alpha value is -4.52. The van der Waals surface area contributed by atoms with E-state index in [0.29, 0.717) is 45.7 Å². The predicted molar refractivity (Wildman–Crippen MR) is 126 cm³/mol. The molecule has 1 amide bonds. The summed E-state index contributed by atoms with van der Waals surface area (Å²) in [6.45, 7) is 0.303. The number of carbonyl (C=O) groups is 1. The van der Waals surface area contributed by atoms with Crippen molar-refractivity contribution < 1.29 is 13.6 Å². The molecule has 0 atom stereocenters. The van der Waals surface area contributed by atoms with Crippen LogP contribution in [0.3, 0.4) is 0 Å². The van der Waals surface area contributed by atoms with Gasteiger partial charge >= 0.3 is 0 Å². The first-order valence-electron chi connectivity index (χ1n) is 10.6. The van der Waals surface area contributed by atoms with E-state index in [-0.39, 0.29) is 17.5 Å². The van der Waals surface area contributed by atoms with Gasteiger partial charge in [0.15, 0.2) is 0 Å². The number of nitrogens with zero attached hydrogens (tertiary/aromatic N) is 3. The molecule has 0 aliphatic heterocycles. The highest BCUT2D eigenvalue weighted by Gasteiger charge is 2.14. The van der Waals surface area contributed by atoms with Gasteiger partial charge in [0.25, 0.3) is 5.91 Å². The van der Waals surface area contributed by atoms with E-state index in [2.05, 4.69) is 10.3 Å². The second-order valence-electron chi connectivity index (χ2n) is 7.68. The maximum absolute atomic E-state index is 13.5. The summed E-state index contributed by atoms with van der Waals surface area (Å²) < 4.78 is 27.0. The molecule has 2 aromatic heterocycles. The highest BCUT2D eigenvalue weighted by atomic mass is 19.1. The van der Waals surface area contributed by atoms with E-state index < -0.39 is 0 Å². The topological polar surface area (TPSA) is 67.8 Å². The van der Waals surface area contributed by atoms with Crippen LogP contribution in [-0.2, 0) is 6.54 Å². The first kappa shape index (κ1) is 21.3. The SMILES string of the molecule is O=C(NCc1ccc2nc(-c3ccc(F)cc3)c(-c3ccc(F)cc3)nc2c1)c1cccnc1. The molecule has 7 heteroatoms. The number of amides is 1. The van der Waals surface area contributed by atoms with Crippen LogP contribution in [0.25, 0.3) is 33.5 Å². The molecule has 0 spiro atoms. The molecule has 34 heavy (non-hydrogen) atoms. The lowest BCUT2D eigenvalue weighted by Gasteiger charge is -2.12. The Morgan fingerprint density at radius 2 is 1.38 bits per heavy atom. The fraction of sp³-hybridized carbons (Fsp3) is 0.0370. The van der Waals surface area contributed by atoms with Crippen molar-refractivity contribution in [2.75, 3.05) is 0 Å². The maximum Gasteiger partial charge on any atom is 0.253 e. The normalized spacial score (nSPS) is 10.9. The molecule has 0 saturated carbocycles. The number of benzene rings is 3. The fourth-order valence-corrected chi connectivity index (χ4v) is 3.61. The third-order valence-electron chi connectivity index (χ3n) is 5.34. The summed E-state index contributed by atoms with van der Waals surface area (Å²) in [5.74, 6) is -0.927. The van der Waals surface area contributed by atoms with Crippen molar-refractivity contribution >= 4 is 16.9 Å². The van der Waals surface area contributed by atoms with Crippen LogP contribution in [0.1, 0.15) is 15.9 Å². The lowest BCUT2D eigenvalue weighted by atomic mass is 10.0. The number of hydrogen-bond acceptors (Lipinski definition) is 4. The van der Waals surface area contributed by atoms with Crippen molar-refractivity contribution in [3.8, 4) is 22.5 Å².